The van der Waals surface area contributed by atoms with Gasteiger partial charge in [-0.25, -0.2) is 4.79 Å². The number of nitrogen functional groups attached to an aromatic ring is 1. The Balaban J connectivity index is 2.02. The van der Waals surface area contributed by atoms with E-state index in [4.69, 9.17) is 5.73 Å². The smallest absolute Gasteiger partial charge is 0.315 e. The number of urea groups is 1. The summed E-state index contributed by atoms with van der Waals surface area (Å²) in [7, 11) is 0. The van der Waals surface area contributed by atoms with Crippen LogP contribution in [0.5, 0.6) is 0 Å². The number of nitrogens with one attached hydrogen (secondary N) is 2. The van der Waals surface area contributed by atoms with Gasteiger partial charge in [-0.15, -0.1) is 6.58 Å². The summed E-state index contributed by atoms with van der Waals surface area (Å²) < 4.78 is 0. The number of carbonyl (C=O) groups excluding carboxylic acids is 1. The molecule has 1 aliphatic carbocycles. The van der Waals surface area contributed by atoms with Crippen LogP contribution in [0, 0.1) is 0 Å². The highest BCUT2D eigenvalue weighted by Crippen LogP contribution is 2.45. The van der Waals surface area contributed by atoms with Crippen LogP contribution in [0.15, 0.2) is 36.9 Å². The average Bonchev–Trinajstić information content (AvgIpc) is 3.08. The molecule has 1 aromatic carbocycles. The van der Waals surface area contributed by atoms with Crippen LogP contribution < -0.4 is 16.4 Å². The quantitative estimate of drug-likeness (QED) is 0.546. The van der Waals surface area contributed by atoms with Crippen molar-refractivity contribution in [3.05, 3.63) is 42.5 Å². The molecule has 0 aromatic heterocycles. The van der Waals surface area contributed by atoms with Gasteiger partial charge in [0, 0.05) is 12.2 Å². The van der Waals surface area contributed by atoms with Crippen LogP contribution in [0.3, 0.4) is 0 Å². The number of hydrogen-bond donors (Lipinski definition) is 3. The van der Waals surface area contributed by atoms with Gasteiger partial charge >= 0.3 is 6.03 Å². The predicted molar refractivity (Wildman–Crippen MR) is 68.5 cm³/mol. The standard InChI is InChI=1S/C13H17N3O/c1-2-9-15-12(17)16-13(7-8-13)10-3-5-11(14)6-4-10/h2-6H,1,7-9,14H2,(H2,15,16,17). The molecule has 4 N–H and O–H groups in total. The summed E-state index contributed by atoms with van der Waals surface area (Å²) in [5.74, 6) is 0. The molecule has 0 atom stereocenters. The molecule has 0 unspecified atom stereocenters. The Kier molecular flexibility index (Phi) is 3.04. The molecule has 2 amide bonds. The van der Waals surface area contributed by atoms with E-state index in [1.807, 2.05) is 24.3 Å². The second-order valence-corrected chi connectivity index (χ2v) is 4.33. The molecule has 0 radical (unpaired) electrons. The number of nitrogens with two attached hydrogens (primary N) is 1. The van der Waals surface area contributed by atoms with E-state index in [1.54, 1.807) is 6.08 Å². The van der Waals surface area contributed by atoms with Crippen LogP contribution in [0.1, 0.15) is 18.4 Å². The minimum atomic E-state index is -0.195. The van der Waals surface area contributed by atoms with Crippen LogP contribution in [-0.2, 0) is 5.54 Å². The third-order valence-corrected chi connectivity index (χ3v) is 2.97. The first kappa shape index (κ1) is 11.5. The van der Waals surface area contributed by atoms with Gasteiger partial charge in [-0.05, 0) is 30.5 Å². The molecule has 2 rings (SSSR count). The highest BCUT2D eigenvalue weighted by molar-refractivity contribution is 5.75. The second-order valence-electron chi connectivity index (χ2n) is 4.33. The predicted octanol–water partition coefficient (Wildman–Crippen LogP) is 1.74. The van der Waals surface area contributed by atoms with E-state index in [0.29, 0.717) is 6.54 Å². The molecule has 0 bridgehead atoms. The Bertz CT molecular complexity index is 421. The van der Waals surface area contributed by atoms with Crippen molar-refractivity contribution in [2.24, 2.45) is 0 Å². The van der Waals surface area contributed by atoms with E-state index in [9.17, 15) is 4.79 Å². The SMILES string of the molecule is C=CCNC(=O)NC1(c2ccc(N)cc2)CC1. The molecule has 4 nitrogen and oxygen atoms in total. The average molecular weight is 231 g/mol. The fourth-order valence-electron chi connectivity index (χ4n) is 1.84. The number of amides is 2. The summed E-state index contributed by atoms with van der Waals surface area (Å²) in [4.78, 5) is 11.6. The Hall–Kier alpha value is -1.97. The van der Waals surface area contributed by atoms with Crippen molar-refractivity contribution in [1.29, 1.82) is 0 Å². The first-order valence-electron chi connectivity index (χ1n) is 5.69. The van der Waals surface area contributed by atoms with Gasteiger partial charge < -0.3 is 16.4 Å². The maximum Gasteiger partial charge on any atom is 0.315 e. The van der Waals surface area contributed by atoms with Crippen molar-refractivity contribution in [2.45, 2.75) is 18.4 Å². The molecule has 0 aliphatic heterocycles. The van der Waals surface area contributed by atoms with E-state index in [1.165, 1.54) is 0 Å². The molecule has 17 heavy (non-hydrogen) atoms. The Labute approximate surface area is 101 Å². The molecular weight excluding hydrogens is 214 g/mol. The molecule has 1 saturated carbocycles. The summed E-state index contributed by atoms with van der Waals surface area (Å²) in [5.41, 5.74) is 7.30. The summed E-state index contributed by atoms with van der Waals surface area (Å²) >= 11 is 0. The van der Waals surface area contributed by atoms with Crippen LogP contribution >= 0.6 is 0 Å². The zero-order chi connectivity index (χ0) is 12.3. The van der Waals surface area contributed by atoms with Crippen molar-refractivity contribution in [1.82, 2.24) is 10.6 Å². The molecule has 1 fully saturated rings. The van der Waals surface area contributed by atoms with Crippen molar-refractivity contribution in [2.75, 3.05) is 12.3 Å². The van der Waals surface area contributed by atoms with Crippen molar-refractivity contribution in [3.8, 4) is 0 Å². The lowest BCUT2D eigenvalue weighted by Gasteiger charge is -2.18. The number of rotatable bonds is 4. The van der Waals surface area contributed by atoms with E-state index in [0.717, 1.165) is 24.1 Å². The van der Waals surface area contributed by atoms with Gasteiger partial charge in [0.05, 0.1) is 5.54 Å². The molecule has 4 heteroatoms. The third kappa shape index (κ3) is 2.58. The zero-order valence-electron chi connectivity index (χ0n) is 9.70. The monoisotopic (exact) mass is 231 g/mol. The normalized spacial score (nSPS) is 16.0. The minimum absolute atomic E-state index is 0.153. The topological polar surface area (TPSA) is 67.2 Å². The fourth-order valence-corrected chi connectivity index (χ4v) is 1.84. The highest BCUT2D eigenvalue weighted by Gasteiger charge is 2.45. The largest absolute Gasteiger partial charge is 0.399 e. The lowest BCUT2D eigenvalue weighted by atomic mass is 10.0. The first-order chi connectivity index (χ1) is 8.16. The van der Waals surface area contributed by atoms with Crippen LogP contribution in [0.2, 0.25) is 0 Å². The zero-order valence-corrected chi connectivity index (χ0v) is 9.70. The van der Waals surface area contributed by atoms with Gasteiger partial charge in [-0.2, -0.15) is 0 Å². The summed E-state index contributed by atoms with van der Waals surface area (Å²) in [5, 5.41) is 5.72. The molecule has 0 saturated heterocycles. The van der Waals surface area contributed by atoms with Gasteiger partial charge in [0.15, 0.2) is 0 Å². The second kappa shape index (κ2) is 4.49. The minimum Gasteiger partial charge on any atom is -0.399 e. The molecular formula is C13H17N3O. The number of anilines is 1. The number of benzene rings is 1. The van der Waals surface area contributed by atoms with Crippen LogP contribution in [-0.4, -0.2) is 12.6 Å². The van der Waals surface area contributed by atoms with Gasteiger partial charge in [-0.3, -0.25) is 0 Å². The van der Waals surface area contributed by atoms with Crippen LogP contribution in [0.4, 0.5) is 10.5 Å². The van der Waals surface area contributed by atoms with Gasteiger partial charge in [0.2, 0.25) is 0 Å². The number of carbonyl (C=O) groups is 1. The number of hydrogen-bond acceptors (Lipinski definition) is 2. The van der Waals surface area contributed by atoms with Crippen LogP contribution in [0.25, 0.3) is 0 Å². The van der Waals surface area contributed by atoms with Gasteiger partial charge in [0.25, 0.3) is 0 Å². The Morgan fingerprint density at radius 3 is 2.59 bits per heavy atom. The molecule has 0 heterocycles. The van der Waals surface area contributed by atoms with Gasteiger partial charge in [-0.1, -0.05) is 18.2 Å². The van der Waals surface area contributed by atoms with E-state index >= 15 is 0 Å². The van der Waals surface area contributed by atoms with Crippen molar-refractivity contribution >= 4 is 11.7 Å². The Morgan fingerprint density at radius 1 is 1.41 bits per heavy atom. The third-order valence-electron chi connectivity index (χ3n) is 2.97. The van der Waals surface area contributed by atoms with E-state index < -0.39 is 0 Å². The van der Waals surface area contributed by atoms with E-state index in [2.05, 4.69) is 17.2 Å². The van der Waals surface area contributed by atoms with E-state index in [-0.39, 0.29) is 11.6 Å². The van der Waals surface area contributed by atoms with Crippen molar-refractivity contribution < 1.29 is 4.79 Å². The van der Waals surface area contributed by atoms with Crippen molar-refractivity contribution in [3.63, 3.8) is 0 Å². The summed E-state index contributed by atoms with van der Waals surface area (Å²) in [6.07, 6.45) is 3.60. The summed E-state index contributed by atoms with van der Waals surface area (Å²) in [6, 6.07) is 7.50. The summed E-state index contributed by atoms with van der Waals surface area (Å²) in [6.45, 7) is 4.03. The molecule has 90 valence electrons. The van der Waals surface area contributed by atoms with Gasteiger partial charge in [0.1, 0.15) is 0 Å². The maximum absolute atomic E-state index is 11.6. The molecule has 1 aliphatic rings. The molecule has 1 aromatic rings. The lowest BCUT2D eigenvalue weighted by molar-refractivity contribution is 0.237. The first-order valence-corrected chi connectivity index (χ1v) is 5.69. The lowest BCUT2D eigenvalue weighted by Crippen LogP contribution is -2.42. The fraction of sp³-hybridized carbons (Fsp3) is 0.308. The molecule has 0 spiro atoms. The highest BCUT2D eigenvalue weighted by atomic mass is 16.2. The Morgan fingerprint density at radius 2 is 2.06 bits per heavy atom. The maximum atomic E-state index is 11.6.